The fourth-order valence-corrected chi connectivity index (χ4v) is 2.28. The summed E-state index contributed by atoms with van der Waals surface area (Å²) in [5, 5.41) is 16.1. The Labute approximate surface area is 160 Å². The number of rotatable bonds is 4. The molecule has 0 bridgehead atoms. The number of nitrogens with one attached hydrogen (secondary N) is 2. The SMILES string of the molecule is CC(C)(C)C(=O)Nc1cccc(C(=O)Nc2cc(-n3cnnn3)ccc2F)c1. The highest BCUT2D eigenvalue weighted by atomic mass is 19.1. The van der Waals surface area contributed by atoms with Crippen molar-refractivity contribution in [3.8, 4) is 5.69 Å². The van der Waals surface area contributed by atoms with Crippen LogP contribution >= 0.6 is 0 Å². The Morgan fingerprint density at radius 2 is 1.86 bits per heavy atom. The van der Waals surface area contributed by atoms with E-state index in [-0.39, 0.29) is 17.2 Å². The number of tetrazole rings is 1. The molecule has 2 amide bonds. The number of nitrogens with zero attached hydrogens (tertiary/aromatic N) is 4. The van der Waals surface area contributed by atoms with Crippen LogP contribution in [0.3, 0.4) is 0 Å². The molecule has 0 radical (unpaired) electrons. The monoisotopic (exact) mass is 382 g/mol. The third-order valence-corrected chi connectivity index (χ3v) is 3.88. The van der Waals surface area contributed by atoms with Crippen molar-refractivity contribution in [2.45, 2.75) is 20.8 Å². The molecular formula is C19H19FN6O2. The minimum Gasteiger partial charge on any atom is -0.326 e. The summed E-state index contributed by atoms with van der Waals surface area (Å²) < 4.78 is 15.5. The summed E-state index contributed by atoms with van der Waals surface area (Å²) in [6.45, 7) is 5.37. The molecule has 2 N–H and O–H groups in total. The van der Waals surface area contributed by atoms with Gasteiger partial charge in [-0.2, -0.15) is 0 Å². The molecule has 0 fully saturated rings. The first-order valence-corrected chi connectivity index (χ1v) is 8.50. The van der Waals surface area contributed by atoms with Gasteiger partial charge in [0.25, 0.3) is 5.91 Å². The third-order valence-electron chi connectivity index (χ3n) is 3.88. The summed E-state index contributed by atoms with van der Waals surface area (Å²) in [7, 11) is 0. The lowest BCUT2D eigenvalue weighted by molar-refractivity contribution is -0.123. The van der Waals surface area contributed by atoms with Gasteiger partial charge in [0, 0.05) is 16.7 Å². The maximum Gasteiger partial charge on any atom is 0.255 e. The molecule has 3 rings (SSSR count). The lowest BCUT2D eigenvalue weighted by atomic mass is 9.95. The molecule has 1 heterocycles. The molecule has 2 aromatic carbocycles. The normalized spacial score (nSPS) is 11.1. The van der Waals surface area contributed by atoms with Crippen molar-refractivity contribution in [1.82, 2.24) is 20.2 Å². The number of aromatic nitrogens is 4. The molecule has 144 valence electrons. The van der Waals surface area contributed by atoms with Gasteiger partial charge < -0.3 is 10.6 Å². The van der Waals surface area contributed by atoms with Gasteiger partial charge in [0.2, 0.25) is 5.91 Å². The second-order valence-electron chi connectivity index (χ2n) is 7.16. The zero-order chi connectivity index (χ0) is 20.3. The fraction of sp³-hybridized carbons (Fsp3) is 0.211. The Morgan fingerprint density at radius 1 is 1.07 bits per heavy atom. The van der Waals surface area contributed by atoms with Crippen LogP contribution in [0, 0.1) is 11.2 Å². The molecule has 9 heteroatoms. The van der Waals surface area contributed by atoms with E-state index in [2.05, 4.69) is 26.2 Å². The maximum absolute atomic E-state index is 14.1. The molecule has 0 aliphatic rings. The molecule has 0 aliphatic carbocycles. The van der Waals surface area contributed by atoms with Crippen LogP contribution in [0.1, 0.15) is 31.1 Å². The van der Waals surface area contributed by atoms with Gasteiger partial charge in [0.05, 0.1) is 11.4 Å². The Balaban J connectivity index is 1.79. The first-order chi connectivity index (χ1) is 13.2. The third kappa shape index (κ3) is 4.37. The largest absolute Gasteiger partial charge is 0.326 e. The van der Waals surface area contributed by atoms with Crippen molar-refractivity contribution in [1.29, 1.82) is 0 Å². The lowest BCUT2D eigenvalue weighted by Crippen LogP contribution is -2.27. The summed E-state index contributed by atoms with van der Waals surface area (Å²) >= 11 is 0. The highest BCUT2D eigenvalue weighted by Crippen LogP contribution is 2.21. The second-order valence-corrected chi connectivity index (χ2v) is 7.16. The zero-order valence-corrected chi connectivity index (χ0v) is 15.6. The zero-order valence-electron chi connectivity index (χ0n) is 15.6. The minimum absolute atomic E-state index is 0.0119. The summed E-state index contributed by atoms with van der Waals surface area (Å²) in [5.41, 5.74) is 0.669. The van der Waals surface area contributed by atoms with Crippen LogP contribution in [0.4, 0.5) is 15.8 Å². The van der Waals surface area contributed by atoms with Crippen LogP contribution in [-0.4, -0.2) is 32.0 Å². The van der Waals surface area contributed by atoms with Gasteiger partial charge >= 0.3 is 0 Å². The number of hydrogen-bond acceptors (Lipinski definition) is 5. The molecule has 0 saturated carbocycles. The first-order valence-electron chi connectivity index (χ1n) is 8.50. The van der Waals surface area contributed by atoms with Crippen LogP contribution in [-0.2, 0) is 4.79 Å². The van der Waals surface area contributed by atoms with Crippen LogP contribution < -0.4 is 10.6 Å². The maximum atomic E-state index is 14.1. The Hall–Kier alpha value is -3.62. The molecule has 0 saturated heterocycles. The molecule has 28 heavy (non-hydrogen) atoms. The minimum atomic E-state index is -0.595. The molecule has 8 nitrogen and oxygen atoms in total. The number of benzene rings is 2. The molecule has 1 aromatic heterocycles. The van der Waals surface area contributed by atoms with Crippen molar-refractivity contribution < 1.29 is 14.0 Å². The number of halogens is 1. The van der Waals surface area contributed by atoms with Crippen molar-refractivity contribution in [3.63, 3.8) is 0 Å². The smallest absolute Gasteiger partial charge is 0.255 e. The van der Waals surface area contributed by atoms with Gasteiger partial charge in [-0.1, -0.05) is 26.8 Å². The van der Waals surface area contributed by atoms with Crippen LogP contribution in [0.5, 0.6) is 0 Å². The molecule has 0 atom stereocenters. The van der Waals surface area contributed by atoms with E-state index in [0.29, 0.717) is 11.4 Å². The van der Waals surface area contributed by atoms with Crippen molar-refractivity contribution in [2.75, 3.05) is 10.6 Å². The highest BCUT2D eigenvalue weighted by Gasteiger charge is 2.21. The van der Waals surface area contributed by atoms with Crippen molar-refractivity contribution >= 4 is 23.2 Å². The molecule has 0 aliphatic heterocycles. The average Bonchev–Trinajstić information content (AvgIpc) is 3.17. The van der Waals surface area contributed by atoms with E-state index in [9.17, 15) is 14.0 Å². The fourth-order valence-electron chi connectivity index (χ4n) is 2.28. The van der Waals surface area contributed by atoms with E-state index in [1.165, 1.54) is 35.3 Å². The van der Waals surface area contributed by atoms with Gasteiger partial charge in [-0.25, -0.2) is 9.07 Å². The van der Waals surface area contributed by atoms with Gasteiger partial charge in [0.1, 0.15) is 12.1 Å². The highest BCUT2D eigenvalue weighted by molar-refractivity contribution is 6.05. The van der Waals surface area contributed by atoms with E-state index in [1.807, 2.05) is 0 Å². The molecule has 3 aromatic rings. The predicted octanol–water partition coefficient (Wildman–Crippen LogP) is 3.04. The molecule has 0 spiro atoms. The predicted molar refractivity (Wildman–Crippen MR) is 102 cm³/mol. The van der Waals surface area contributed by atoms with Crippen LogP contribution in [0.15, 0.2) is 48.8 Å². The standard InChI is InChI=1S/C19H19FN6O2/c1-19(2,3)18(28)22-13-6-4-5-12(9-13)17(27)23-16-10-14(7-8-15(16)20)26-11-21-24-25-26/h4-11H,1-3H3,(H,22,28)(H,23,27). The topological polar surface area (TPSA) is 102 Å². The number of carbonyl (C=O) groups excluding carboxylic acids is 2. The molecule has 0 unspecified atom stereocenters. The summed E-state index contributed by atoms with van der Waals surface area (Å²) in [6, 6.07) is 10.6. The number of carbonyl (C=O) groups is 2. The van der Waals surface area contributed by atoms with Crippen LogP contribution in [0.2, 0.25) is 0 Å². The quantitative estimate of drug-likeness (QED) is 0.722. The number of hydrogen-bond donors (Lipinski definition) is 2. The average molecular weight is 382 g/mol. The summed E-state index contributed by atoms with van der Waals surface area (Å²) in [4.78, 5) is 24.7. The van der Waals surface area contributed by atoms with Gasteiger partial charge in [-0.15, -0.1) is 5.10 Å². The van der Waals surface area contributed by atoms with E-state index in [0.717, 1.165) is 0 Å². The number of amides is 2. The Bertz CT molecular complexity index is 1010. The Morgan fingerprint density at radius 3 is 2.54 bits per heavy atom. The van der Waals surface area contributed by atoms with Gasteiger partial charge in [-0.3, -0.25) is 9.59 Å². The molecular weight excluding hydrogens is 363 g/mol. The lowest BCUT2D eigenvalue weighted by Gasteiger charge is -2.18. The van der Waals surface area contributed by atoms with E-state index in [1.54, 1.807) is 39.0 Å². The Kier molecular flexibility index (Phi) is 5.16. The summed E-state index contributed by atoms with van der Waals surface area (Å²) in [6.07, 6.45) is 1.36. The van der Waals surface area contributed by atoms with E-state index >= 15 is 0 Å². The van der Waals surface area contributed by atoms with E-state index in [4.69, 9.17) is 0 Å². The van der Waals surface area contributed by atoms with E-state index < -0.39 is 17.1 Å². The summed E-state index contributed by atoms with van der Waals surface area (Å²) in [5.74, 6) is -1.28. The van der Waals surface area contributed by atoms with Gasteiger partial charge in [0.15, 0.2) is 0 Å². The first kappa shape index (κ1) is 19.2. The van der Waals surface area contributed by atoms with Crippen molar-refractivity contribution in [2.24, 2.45) is 5.41 Å². The van der Waals surface area contributed by atoms with Gasteiger partial charge in [-0.05, 0) is 46.8 Å². The van der Waals surface area contributed by atoms with Crippen molar-refractivity contribution in [3.05, 3.63) is 60.2 Å². The number of anilines is 2. The second kappa shape index (κ2) is 7.55. The van der Waals surface area contributed by atoms with Crippen LogP contribution in [0.25, 0.3) is 5.69 Å².